The lowest BCUT2D eigenvalue weighted by Gasteiger charge is -2.29. The van der Waals surface area contributed by atoms with Crippen LogP contribution in [0.5, 0.6) is 5.75 Å². The monoisotopic (exact) mass is 295 g/mol. The average Bonchev–Trinajstić information content (AvgIpc) is 2.40. The van der Waals surface area contributed by atoms with Crippen LogP contribution >= 0.6 is 11.6 Å². The Bertz CT molecular complexity index is 535. The predicted octanol–water partition coefficient (Wildman–Crippen LogP) is 2.35. The van der Waals surface area contributed by atoms with Crippen molar-refractivity contribution in [3.05, 3.63) is 17.2 Å². The molecule has 20 heavy (non-hydrogen) atoms. The van der Waals surface area contributed by atoms with E-state index in [9.17, 15) is 4.79 Å². The Morgan fingerprint density at radius 1 is 1.40 bits per heavy atom. The van der Waals surface area contributed by atoms with Gasteiger partial charge in [0.05, 0.1) is 16.4 Å². The number of hydrogen-bond donors (Lipinski definition) is 3. The Hall–Kier alpha value is -1.46. The highest BCUT2D eigenvalue weighted by Gasteiger charge is 2.22. The summed E-state index contributed by atoms with van der Waals surface area (Å²) in [4.78, 5) is 11.3. The zero-order valence-corrected chi connectivity index (χ0v) is 11.9. The fraction of sp³-hybridized carbons (Fsp3) is 0.500. The molecule has 0 spiro atoms. The normalized spacial score (nSPS) is 25.4. The molecule has 1 saturated carbocycles. The Morgan fingerprint density at radius 3 is 3.05 bits per heavy atom. The van der Waals surface area contributed by atoms with E-state index in [1.165, 1.54) is 0 Å². The molecule has 1 aromatic carbocycles. The first kappa shape index (κ1) is 13.5. The highest BCUT2D eigenvalue weighted by Crippen LogP contribution is 2.37. The van der Waals surface area contributed by atoms with E-state index in [1.807, 2.05) is 6.07 Å². The van der Waals surface area contributed by atoms with Crippen LogP contribution in [0.3, 0.4) is 0 Å². The first-order valence-corrected chi connectivity index (χ1v) is 7.28. The van der Waals surface area contributed by atoms with Crippen LogP contribution in [0.1, 0.15) is 25.7 Å². The minimum absolute atomic E-state index is 0.0440. The van der Waals surface area contributed by atoms with Crippen molar-refractivity contribution >= 4 is 28.9 Å². The Kier molecular flexibility index (Phi) is 3.72. The molecule has 1 heterocycles. The molecule has 5 nitrogen and oxygen atoms in total. The van der Waals surface area contributed by atoms with Crippen molar-refractivity contribution in [1.82, 2.24) is 0 Å². The van der Waals surface area contributed by atoms with Gasteiger partial charge in [-0.05, 0) is 31.7 Å². The maximum Gasteiger partial charge on any atom is 0.262 e. The third-order valence-electron chi connectivity index (χ3n) is 3.78. The van der Waals surface area contributed by atoms with Crippen molar-refractivity contribution in [1.29, 1.82) is 0 Å². The number of carbonyl (C=O) groups is 1. The molecule has 2 aliphatic rings. The summed E-state index contributed by atoms with van der Waals surface area (Å²) in [7, 11) is 0. The molecule has 1 fully saturated rings. The molecule has 6 heteroatoms. The van der Waals surface area contributed by atoms with Gasteiger partial charge in [-0.3, -0.25) is 4.79 Å². The third-order valence-corrected chi connectivity index (χ3v) is 4.09. The van der Waals surface area contributed by atoms with Gasteiger partial charge in [0.2, 0.25) is 0 Å². The van der Waals surface area contributed by atoms with Crippen LogP contribution in [0, 0.1) is 0 Å². The topological polar surface area (TPSA) is 76.4 Å². The summed E-state index contributed by atoms with van der Waals surface area (Å²) in [6.07, 6.45) is 4.27. The lowest BCUT2D eigenvalue weighted by atomic mass is 9.91. The van der Waals surface area contributed by atoms with Gasteiger partial charge in [0.25, 0.3) is 5.91 Å². The summed E-state index contributed by atoms with van der Waals surface area (Å²) < 4.78 is 5.41. The van der Waals surface area contributed by atoms with Crippen molar-refractivity contribution in [3.8, 4) is 5.75 Å². The van der Waals surface area contributed by atoms with Gasteiger partial charge in [-0.1, -0.05) is 11.6 Å². The van der Waals surface area contributed by atoms with Gasteiger partial charge >= 0.3 is 0 Å². The number of nitrogens with two attached hydrogens (primary N) is 1. The summed E-state index contributed by atoms with van der Waals surface area (Å²) in [6, 6.07) is 4.16. The van der Waals surface area contributed by atoms with Crippen molar-refractivity contribution in [2.45, 2.75) is 37.8 Å². The van der Waals surface area contributed by atoms with E-state index in [2.05, 4.69) is 10.6 Å². The molecular formula is C14H18ClN3O2. The molecule has 3 rings (SSSR count). The molecule has 1 aromatic rings. The maximum absolute atomic E-state index is 11.3. The summed E-state index contributed by atoms with van der Waals surface area (Å²) in [6.45, 7) is 0.0440. The lowest BCUT2D eigenvalue weighted by Crippen LogP contribution is -2.35. The van der Waals surface area contributed by atoms with Gasteiger partial charge in [-0.15, -0.1) is 0 Å². The second kappa shape index (κ2) is 5.50. The van der Waals surface area contributed by atoms with Gasteiger partial charge in [-0.2, -0.15) is 0 Å². The van der Waals surface area contributed by atoms with E-state index in [1.54, 1.807) is 6.07 Å². The van der Waals surface area contributed by atoms with Crippen LogP contribution < -0.4 is 21.1 Å². The Morgan fingerprint density at radius 2 is 2.25 bits per heavy atom. The largest absolute Gasteiger partial charge is 0.482 e. The third kappa shape index (κ3) is 2.83. The smallest absolute Gasteiger partial charge is 0.262 e. The molecule has 1 amide bonds. The second-order valence-electron chi connectivity index (χ2n) is 5.43. The fourth-order valence-corrected chi connectivity index (χ4v) is 3.01. The molecule has 108 valence electrons. The molecule has 0 saturated heterocycles. The number of fused-ring (bicyclic) bond motifs is 1. The van der Waals surface area contributed by atoms with Gasteiger partial charge in [-0.25, -0.2) is 0 Å². The summed E-state index contributed by atoms with van der Waals surface area (Å²) in [5.41, 5.74) is 7.45. The van der Waals surface area contributed by atoms with Crippen LogP contribution in [0.4, 0.5) is 11.4 Å². The number of hydrogen-bond acceptors (Lipinski definition) is 4. The van der Waals surface area contributed by atoms with Gasteiger partial charge in [0, 0.05) is 18.2 Å². The van der Waals surface area contributed by atoms with Crippen LogP contribution in [0.15, 0.2) is 12.1 Å². The van der Waals surface area contributed by atoms with E-state index in [0.29, 0.717) is 22.5 Å². The Labute approximate surface area is 122 Å². The van der Waals surface area contributed by atoms with Crippen molar-refractivity contribution in [2.24, 2.45) is 5.73 Å². The first-order valence-electron chi connectivity index (χ1n) is 6.90. The van der Waals surface area contributed by atoms with Gasteiger partial charge in [0.15, 0.2) is 6.61 Å². The standard InChI is InChI=1S/C14H18ClN3O2/c15-10-5-12-13(20-7-14(19)18-12)6-11(10)17-9-3-1-2-8(16)4-9/h5-6,8-9,17H,1-4,7,16H2,(H,18,19). The van der Waals surface area contributed by atoms with Crippen LogP contribution in [-0.2, 0) is 4.79 Å². The number of carbonyl (C=O) groups excluding carboxylic acids is 1. The Balaban J connectivity index is 1.78. The summed E-state index contributed by atoms with van der Waals surface area (Å²) in [5, 5.41) is 6.76. The predicted molar refractivity (Wildman–Crippen MR) is 79.4 cm³/mol. The minimum atomic E-state index is -0.160. The molecule has 1 aliphatic carbocycles. The highest BCUT2D eigenvalue weighted by atomic mass is 35.5. The van der Waals surface area contributed by atoms with Crippen molar-refractivity contribution in [2.75, 3.05) is 17.2 Å². The second-order valence-corrected chi connectivity index (χ2v) is 5.84. The molecule has 0 radical (unpaired) electrons. The molecule has 2 unspecified atom stereocenters. The molecular weight excluding hydrogens is 278 g/mol. The van der Waals surface area contributed by atoms with E-state index in [4.69, 9.17) is 22.1 Å². The molecule has 0 bridgehead atoms. The van der Waals surface area contributed by atoms with Gasteiger partial charge in [0.1, 0.15) is 5.75 Å². The SMILES string of the molecule is NC1CCCC(Nc2cc3c(cc2Cl)NC(=O)CO3)C1. The highest BCUT2D eigenvalue weighted by molar-refractivity contribution is 6.33. The molecule has 0 aromatic heterocycles. The first-order chi connectivity index (χ1) is 9.61. The number of rotatable bonds is 2. The van der Waals surface area contributed by atoms with Crippen LogP contribution in [0.25, 0.3) is 0 Å². The molecule has 2 atom stereocenters. The molecule has 1 aliphatic heterocycles. The van der Waals surface area contributed by atoms with E-state index in [0.717, 1.165) is 31.4 Å². The number of amides is 1. The van der Waals surface area contributed by atoms with Crippen LogP contribution in [0.2, 0.25) is 5.02 Å². The fourth-order valence-electron chi connectivity index (χ4n) is 2.79. The molecule has 4 N–H and O–H groups in total. The number of anilines is 2. The maximum atomic E-state index is 11.3. The van der Waals surface area contributed by atoms with E-state index in [-0.39, 0.29) is 18.6 Å². The van der Waals surface area contributed by atoms with Crippen LogP contribution in [-0.4, -0.2) is 24.6 Å². The average molecular weight is 296 g/mol. The zero-order valence-electron chi connectivity index (χ0n) is 11.1. The van der Waals surface area contributed by atoms with Crippen molar-refractivity contribution in [3.63, 3.8) is 0 Å². The zero-order chi connectivity index (χ0) is 14.1. The summed E-state index contributed by atoms with van der Waals surface area (Å²) in [5.74, 6) is 0.490. The van der Waals surface area contributed by atoms with E-state index >= 15 is 0 Å². The van der Waals surface area contributed by atoms with Crippen molar-refractivity contribution < 1.29 is 9.53 Å². The number of ether oxygens (including phenoxy) is 1. The summed E-state index contributed by atoms with van der Waals surface area (Å²) >= 11 is 6.26. The number of halogens is 1. The van der Waals surface area contributed by atoms with E-state index < -0.39 is 0 Å². The number of nitrogens with one attached hydrogen (secondary N) is 2. The van der Waals surface area contributed by atoms with Gasteiger partial charge < -0.3 is 21.1 Å². The lowest BCUT2D eigenvalue weighted by molar-refractivity contribution is -0.118. The quantitative estimate of drug-likeness (QED) is 0.783. The number of benzene rings is 1. The minimum Gasteiger partial charge on any atom is -0.482 e.